The van der Waals surface area contributed by atoms with Gasteiger partial charge in [-0.05, 0) is 38.2 Å². The molecule has 0 bridgehead atoms. The topological polar surface area (TPSA) is 0 Å². The summed E-state index contributed by atoms with van der Waals surface area (Å²) in [6, 6.07) is 11.0. The molecule has 0 amide bonds. The second-order valence-electron chi connectivity index (χ2n) is 9.52. The highest BCUT2D eigenvalue weighted by atomic mass is 19.1. The van der Waals surface area contributed by atoms with Crippen molar-refractivity contribution in [3.8, 4) is 11.8 Å². The van der Waals surface area contributed by atoms with E-state index >= 15 is 0 Å². The number of halogens is 1. The lowest BCUT2D eigenvalue weighted by molar-refractivity contribution is 0.301. The van der Waals surface area contributed by atoms with Gasteiger partial charge in [0.05, 0.1) is 0 Å². The van der Waals surface area contributed by atoms with Crippen LogP contribution in [-0.2, 0) is 6.42 Å². The first-order valence-corrected chi connectivity index (χ1v) is 12.7. The molecule has 170 valence electrons. The fourth-order valence-electron chi connectivity index (χ4n) is 4.08. The van der Waals surface area contributed by atoms with Crippen molar-refractivity contribution < 1.29 is 4.39 Å². The largest absolute Gasteiger partial charge is 0.230 e. The quantitative estimate of drug-likeness (QED) is 0.176. The van der Waals surface area contributed by atoms with E-state index in [1.165, 1.54) is 109 Å². The van der Waals surface area contributed by atoms with Crippen LogP contribution in [-0.4, -0.2) is 5.67 Å². The summed E-state index contributed by atoms with van der Waals surface area (Å²) in [6.07, 6.45) is 21.0. The fraction of sp³-hybridized carbons (Fsp3) is 0.724. The highest BCUT2D eigenvalue weighted by Crippen LogP contribution is 2.20. The number of benzene rings is 1. The van der Waals surface area contributed by atoms with Crippen LogP contribution in [0.4, 0.5) is 4.39 Å². The lowest BCUT2D eigenvalue weighted by atomic mass is 9.91. The van der Waals surface area contributed by atoms with E-state index in [9.17, 15) is 4.39 Å². The Balaban J connectivity index is 1.84. The summed E-state index contributed by atoms with van der Waals surface area (Å²) in [5.41, 5.74) is 0.166. The summed E-state index contributed by atoms with van der Waals surface area (Å²) in [4.78, 5) is 0. The fourth-order valence-corrected chi connectivity index (χ4v) is 4.08. The molecule has 0 aliphatic carbocycles. The highest BCUT2D eigenvalue weighted by molar-refractivity contribution is 5.15. The monoisotopic (exact) mass is 414 g/mol. The summed E-state index contributed by atoms with van der Waals surface area (Å²) in [6.45, 7) is 5.39. The van der Waals surface area contributed by atoms with E-state index in [1.807, 2.05) is 0 Å². The summed E-state index contributed by atoms with van der Waals surface area (Å²) in [5, 5.41) is 0. The van der Waals surface area contributed by atoms with Crippen LogP contribution in [0.25, 0.3) is 0 Å². The molecule has 0 saturated carbocycles. The minimum absolute atomic E-state index is 0.846. The van der Waals surface area contributed by atoms with Crippen LogP contribution < -0.4 is 0 Å². The third kappa shape index (κ3) is 16.5. The van der Waals surface area contributed by atoms with Gasteiger partial charge in [-0.3, -0.25) is 0 Å². The first kappa shape index (κ1) is 26.7. The van der Waals surface area contributed by atoms with E-state index in [0.29, 0.717) is 0 Å². The van der Waals surface area contributed by atoms with Gasteiger partial charge >= 0.3 is 0 Å². The predicted molar refractivity (Wildman–Crippen MR) is 132 cm³/mol. The van der Waals surface area contributed by atoms with Crippen LogP contribution in [0.3, 0.4) is 0 Å². The maximum atomic E-state index is 13.2. The molecule has 1 aromatic rings. The summed E-state index contributed by atoms with van der Waals surface area (Å²) in [5.74, 6) is 6.48. The van der Waals surface area contributed by atoms with E-state index < -0.39 is 5.67 Å². The zero-order chi connectivity index (χ0) is 21.9. The summed E-state index contributed by atoms with van der Waals surface area (Å²) >= 11 is 0. The Kier molecular flexibility index (Phi) is 15.5. The second kappa shape index (κ2) is 17.4. The molecule has 0 nitrogen and oxygen atoms in total. The van der Waals surface area contributed by atoms with E-state index in [-0.39, 0.29) is 0 Å². The van der Waals surface area contributed by atoms with Crippen LogP contribution in [0.5, 0.6) is 0 Å². The third-order valence-electron chi connectivity index (χ3n) is 5.99. The van der Waals surface area contributed by atoms with Crippen molar-refractivity contribution in [2.24, 2.45) is 5.92 Å². The van der Waals surface area contributed by atoms with E-state index in [0.717, 1.165) is 18.8 Å². The molecule has 0 saturated heterocycles. The van der Waals surface area contributed by atoms with Crippen LogP contribution in [0.15, 0.2) is 30.3 Å². The number of rotatable bonds is 17. The van der Waals surface area contributed by atoms with Crippen molar-refractivity contribution in [1.82, 2.24) is 0 Å². The molecule has 0 radical (unpaired) electrons. The van der Waals surface area contributed by atoms with E-state index in [2.05, 4.69) is 49.1 Å². The maximum Gasteiger partial charge on any atom is 0.165 e. The number of alkyl halides is 1. The lowest BCUT2D eigenvalue weighted by Gasteiger charge is -2.14. The van der Waals surface area contributed by atoms with Gasteiger partial charge in [0.2, 0.25) is 0 Å². The molecule has 0 N–H and O–H groups in total. The Hall–Kier alpha value is -1.29. The number of unbranched alkanes of at least 4 members (excludes halogenated alkanes) is 12. The van der Waals surface area contributed by atoms with Crippen molar-refractivity contribution in [3.63, 3.8) is 0 Å². The highest BCUT2D eigenvalue weighted by Gasteiger charge is 2.09. The summed E-state index contributed by atoms with van der Waals surface area (Å²) in [7, 11) is 0. The van der Waals surface area contributed by atoms with Crippen LogP contribution in [0.2, 0.25) is 0 Å². The molecule has 0 aromatic heterocycles. The van der Waals surface area contributed by atoms with Crippen molar-refractivity contribution in [2.45, 2.75) is 129 Å². The van der Waals surface area contributed by atoms with Crippen molar-refractivity contribution in [3.05, 3.63) is 35.9 Å². The summed E-state index contributed by atoms with van der Waals surface area (Å²) < 4.78 is 13.2. The zero-order valence-electron chi connectivity index (χ0n) is 20.2. The Morgan fingerprint density at radius 1 is 0.767 bits per heavy atom. The third-order valence-corrected chi connectivity index (χ3v) is 5.99. The molecule has 0 aliphatic rings. The first-order chi connectivity index (χ1) is 14.5. The van der Waals surface area contributed by atoms with Crippen molar-refractivity contribution in [1.29, 1.82) is 0 Å². The molecule has 1 aromatic carbocycles. The second-order valence-corrected chi connectivity index (χ2v) is 9.52. The van der Waals surface area contributed by atoms with E-state index in [1.54, 1.807) is 0 Å². The minimum atomic E-state index is -1.33. The van der Waals surface area contributed by atoms with Crippen molar-refractivity contribution in [2.75, 3.05) is 0 Å². The maximum absolute atomic E-state index is 13.2. The molecule has 30 heavy (non-hydrogen) atoms. The average Bonchev–Trinajstić information content (AvgIpc) is 2.72. The first-order valence-electron chi connectivity index (χ1n) is 12.7. The van der Waals surface area contributed by atoms with Gasteiger partial charge in [0, 0.05) is 6.42 Å². The Bertz CT molecular complexity index is 558. The molecule has 1 atom stereocenters. The predicted octanol–water partition coefficient (Wildman–Crippen LogP) is 9.47. The standard InChI is InChI=1S/C29H47F/c1-4-27(26-28-23-19-17-20-24-28)22-18-15-13-11-9-7-5-6-8-10-12-14-16-21-25-29(2,3)30/h17,19-20,23-24,27H,4-16,18,22,26H2,1-3H3. The van der Waals surface area contributed by atoms with Crippen LogP contribution in [0.1, 0.15) is 123 Å². The molecule has 1 rings (SSSR count). The van der Waals surface area contributed by atoms with Crippen LogP contribution >= 0.6 is 0 Å². The Labute approximate surface area is 187 Å². The van der Waals surface area contributed by atoms with Gasteiger partial charge < -0.3 is 0 Å². The zero-order valence-corrected chi connectivity index (χ0v) is 20.2. The van der Waals surface area contributed by atoms with Crippen molar-refractivity contribution >= 4 is 0 Å². The molecule has 1 unspecified atom stereocenters. The molecule has 0 heterocycles. The van der Waals surface area contributed by atoms with Crippen LogP contribution in [0, 0.1) is 17.8 Å². The minimum Gasteiger partial charge on any atom is -0.230 e. The lowest BCUT2D eigenvalue weighted by Crippen LogP contribution is -2.06. The molecule has 0 fully saturated rings. The van der Waals surface area contributed by atoms with Gasteiger partial charge in [-0.1, -0.05) is 133 Å². The normalized spacial score (nSPS) is 12.4. The Morgan fingerprint density at radius 2 is 1.27 bits per heavy atom. The van der Waals surface area contributed by atoms with Gasteiger partial charge in [-0.2, -0.15) is 0 Å². The van der Waals surface area contributed by atoms with Gasteiger partial charge in [-0.15, -0.1) is 0 Å². The molecular weight excluding hydrogens is 367 g/mol. The molecule has 0 aliphatic heterocycles. The van der Waals surface area contributed by atoms with Gasteiger partial charge in [0.15, 0.2) is 5.67 Å². The average molecular weight is 415 g/mol. The molecule has 1 heteroatoms. The van der Waals surface area contributed by atoms with Gasteiger partial charge in [0.1, 0.15) is 0 Å². The number of hydrogen-bond acceptors (Lipinski definition) is 0. The SMILES string of the molecule is CCC(CCCCCCCCCCCCCCC#CC(C)(C)F)Cc1ccccc1. The molecular formula is C29H47F. The smallest absolute Gasteiger partial charge is 0.165 e. The number of hydrogen-bond donors (Lipinski definition) is 0. The molecule has 0 spiro atoms. The van der Waals surface area contributed by atoms with E-state index in [4.69, 9.17) is 0 Å². The Morgan fingerprint density at radius 3 is 1.77 bits per heavy atom. The van der Waals surface area contributed by atoms with Gasteiger partial charge in [0.25, 0.3) is 0 Å². The van der Waals surface area contributed by atoms with Gasteiger partial charge in [-0.25, -0.2) is 4.39 Å².